The average Bonchev–Trinajstić information content (AvgIpc) is 2.42. The van der Waals surface area contributed by atoms with Crippen molar-refractivity contribution in [1.82, 2.24) is 15.0 Å². The molecule has 9 heteroatoms. The zero-order valence-corrected chi connectivity index (χ0v) is 13.7. The molecule has 0 spiro atoms. The molecule has 0 bridgehead atoms. The molecule has 0 atom stereocenters. The summed E-state index contributed by atoms with van der Waals surface area (Å²) >= 11 is 0. The molecule has 1 aromatic heterocycles. The summed E-state index contributed by atoms with van der Waals surface area (Å²) in [6.07, 6.45) is 2.94. The van der Waals surface area contributed by atoms with E-state index in [0.717, 1.165) is 36.4 Å². The lowest BCUT2D eigenvalue weighted by molar-refractivity contribution is 0.455. The third-order valence-corrected chi connectivity index (χ3v) is 5.07. The summed E-state index contributed by atoms with van der Waals surface area (Å²) in [5.41, 5.74) is 0. The van der Waals surface area contributed by atoms with Gasteiger partial charge in [0.25, 0.3) is 0 Å². The Bertz CT molecular complexity index is 549. The highest BCUT2D eigenvalue weighted by Gasteiger charge is 2.24. The third kappa shape index (κ3) is 5.78. The molecule has 1 heterocycles. The molecule has 0 saturated carbocycles. The normalized spacial score (nSPS) is 11.6. The van der Waals surface area contributed by atoms with E-state index in [0.29, 0.717) is 6.42 Å². The van der Waals surface area contributed by atoms with Gasteiger partial charge in [-0.3, -0.25) is 0 Å². The van der Waals surface area contributed by atoms with Crippen molar-refractivity contribution < 1.29 is 17.2 Å². The SMILES string of the molecule is CCCCCCCCS(=O)(=O)N(CC)c1nc(F)nc(F)n1. The summed E-state index contributed by atoms with van der Waals surface area (Å²) in [6.45, 7) is 3.66. The second-order valence-corrected chi connectivity index (χ2v) is 6.93. The molecule has 0 aliphatic carbocycles. The van der Waals surface area contributed by atoms with Crippen LogP contribution in [0.3, 0.4) is 0 Å². The van der Waals surface area contributed by atoms with E-state index in [1.807, 2.05) is 0 Å². The van der Waals surface area contributed by atoms with Crippen molar-refractivity contribution in [2.45, 2.75) is 52.4 Å². The number of hydrogen-bond donors (Lipinski definition) is 0. The minimum atomic E-state index is -3.70. The smallest absolute Gasteiger partial charge is 0.238 e. The van der Waals surface area contributed by atoms with Crippen molar-refractivity contribution in [2.75, 3.05) is 16.6 Å². The number of sulfonamides is 1. The van der Waals surface area contributed by atoms with E-state index < -0.39 is 28.1 Å². The lowest BCUT2D eigenvalue weighted by Gasteiger charge is -2.20. The van der Waals surface area contributed by atoms with Gasteiger partial charge in [-0.1, -0.05) is 39.0 Å². The highest BCUT2D eigenvalue weighted by Crippen LogP contribution is 2.15. The van der Waals surface area contributed by atoms with Crippen LogP contribution in [-0.2, 0) is 10.0 Å². The lowest BCUT2D eigenvalue weighted by atomic mass is 10.1. The van der Waals surface area contributed by atoms with Crippen LogP contribution in [0.1, 0.15) is 52.4 Å². The second kappa shape index (κ2) is 8.92. The first-order valence-corrected chi connectivity index (χ1v) is 9.09. The number of halogens is 2. The topological polar surface area (TPSA) is 76.1 Å². The van der Waals surface area contributed by atoms with E-state index in [1.165, 1.54) is 0 Å². The highest BCUT2D eigenvalue weighted by molar-refractivity contribution is 7.92. The van der Waals surface area contributed by atoms with Crippen LogP contribution in [0, 0.1) is 12.2 Å². The van der Waals surface area contributed by atoms with E-state index >= 15 is 0 Å². The quantitative estimate of drug-likeness (QED) is 0.614. The van der Waals surface area contributed by atoms with Crippen LogP contribution < -0.4 is 4.31 Å². The van der Waals surface area contributed by atoms with Gasteiger partial charge in [-0.25, -0.2) is 12.7 Å². The number of unbranched alkanes of at least 4 members (excludes halogenated alkanes) is 5. The van der Waals surface area contributed by atoms with Gasteiger partial charge in [0.15, 0.2) is 0 Å². The van der Waals surface area contributed by atoms with E-state index in [-0.39, 0.29) is 12.3 Å². The van der Waals surface area contributed by atoms with Crippen LogP contribution >= 0.6 is 0 Å². The summed E-state index contributed by atoms with van der Waals surface area (Å²) in [4.78, 5) is 9.28. The van der Waals surface area contributed by atoms with Crippen molar-refractivity contribution in [2.24, 2.45) is 0 Å². The fourth-order valence-electron chi connectivity index (χ4n) is 2.07. The van der Waals surface area contributed by atoms with Gasteiger partial charge in [0.05, 0.1) is 5.75 Å². The van der Waals surface area contributed by atoms with Gasteiger partial charge in [0.2, 0.25) is 16.0 Å². The van der Waals surface area contributed by atoms with Crippen molar-refractivity contribution in [1.29, 1.82) is 0 Å². The summed E-state index contributed by atoms with van der Waals surface area (Å²) in [6, 6.07) is 0. The van der Waals surface area contributed by atoms with Crippen LogP contribution in [0.2, 0.25) is 0 Å². The largest absolute Gasteiger partial charge is 0.315 e. The number of rotatable bonds is 10. The van der Waals surface area contributed by atoms with Crippen LogP contribution in [-0.4, -0.2) is 35.7 Å². The highest BCUT2D eigenvalue weighted by atomic mass is 32.2. The molecule has 1 aromatic rings. The molecule has 6 nitrogen and oxygen atoms in total. The van der Waals surface area contributed by atoms with Gasteiger partial charge in [-0.05, 0) is 13.3 Å². The standard InChI is InChI=1S/C13H22F2N4O2S/c1-3-5-6-7-8-9-10-22(20,21)19(4-2)13-17-11(14)16-12(15)18-13/h3-10H2,1-2H3. The van der Waals surface area contributed by atoms with E-state index in [1.54, 1.807) is 6.92 Å². The van der Waals surface area contributed by atoms with Gasteiger partial charge in [-0.2, -0.15) is 23.7 Å². The fraction of sp³-hybridized carbons (Fsp3) is 0.769. The maximum absolute atomic E-state index is 13.0. The predicted octanol–water partition coefficient (Wildman–Crippen LogP) is 2.67. The average molecular weight is 336 g/mol. The first-order chi connectivity index (χ1) is 10.4. The molecule has 0 aliphatic rings. The molecule has 0 saturated heterocycles. The van der Waals surface area contributed by atoms with E-state index in [9.17, 15) is 17.2 Å². The zero-order chi connectivity index (χ0) is 16.6. The maximum atomic E-state index is 13.0. The van der Waals surface area contributed by atoms with Crippen molar-refractivity contribution in [3.8, 4) is 0 Å². The second-order valence-electron chi connectivity index (χ2n) is 4.92. The molecular formula is C13H22F2N4O2S. The van der Waals surface area contributed by atoms with E-state index in [2.05, 4.69) is 21.9 Å². The number of aromatic nitrogens is 3. The Morgan fingerprint density at radius 2 is 1.45 bits per heavy atom. The summed E-state index contributed by atoms with van der Waals surface area (Å²) in [7, 11) is -3.70. The Balaban J connectivity index is 2.67. The first-order valence-electron chi connectivity index (χ1n) is 7.48. The maximum Gasteiger partial charge on any atom is 0.315 e. The Morgan fingerprint density at radius 3 is 2.00 bits per heavy atom. The summed E-state index contributed by atoms with van der Waals surface area (Å²) in [5, 5.41) is 0. The first kappa shape index (κ1) is 18.7. The van der Waals surface area contributed by atoms with Crippen molar-refractivity contribution in [3.63, 3.8) is 0 Å². The zero-order valence-electron chi connectivity index (χ0n) is 12.9. The molecule has 0 aliphatic heterocycles. The monoisotopic (exact) mass is 336 g/mol. The van der Waals surface area contributed by atoms with Gasteiger partial charge in [0, 0.05) is 6.54 Å². The lowest BCUT2D eigenvalue weighted by Crippen LogP contribution is -2.34. The van der Waals surface area contributed by atoms with Gasteiger partial charge < -0.3 is 0 Å². The Hall–Kier alpha value is -1.38. The minimum absolute atomic E-state index is 0.00105. The molecule has 126 valence electrons. The third-order valence-electron chi connectivity index (χ3n) is 3.17. The predicted molar refractivity (Wildman–Crippen MR) is 79.9 cm³/mol. The fourth-order valence-corrected chi connectivity index (χ4v) is 3.58. The molecule has 0 unspecified atom stereocenters. The van der Waals surface area contributed by atoms with Crippen LogP contribution in [0.15, 0.2) is 0 Å². The Labute approximate surface area is 130 Å². The van der Waals surface area contributed by atoms with E-state index in [4.69, 9.17) is 0 Å². The molecule has 0 fully saturated rings. The molecule has 0 amide bonds. The van der Waals surface area contributed by atoms with Crippen LogP contribution in [0.5, 0.6) is 0 Å². The minimum Gasteiger partial charge on any atom is -0.238 e. The van der Waals surface area contributed by atoms with Gasteiger partial charge in [-0.15, -0.1) is 0 Å². The van der Waals surface area contributed by atoms with Gasteiger partial charge in [0.1, 0.15) is 0 Å². The van der Waals surface area contributed by atoms with Crippen molar-refractivity contribution in [3.05, 3.63) is 12.2 Å². The summed E-state index contributed by atoms with van der Waals surface area (Å²) < 4.78 is 51.3. The number of anilines is 1. The molecule has 0 radical (unpaired) electrons. The molecule has 0 N–H and O–H groups in total. The Kier molecular flexibility index (Phi) is 7.57. The summed E-state index contributed by atoms with van der Waals surface area (Å²) in [5.74, 6) is -0.611. The van der Waals surface area contributed by atoms with Crippen molar-refractivity contribution >= 4 is 16.0 Å². The molecular weight excluding hydrogens is 314 g/mol. The molecule has 22 heavy (non-hydrogen) atoms. The number of nitrogens with zero attached hydrogens (tertiary/aromatic N) is 4. The molecule has 0 aromatic carbocycles. The molecule has 1 rings (SSSR count). The van der Waals surface area contributed by atoms with Crippen LogP contribution in [0.4, 0.5) is 14.7 Å². The Morgan fingerprint density at radius 1 is 0.909 bits per heavy atom. The van der Waals surface area contributed by atoms with Crippen LogP contribution in [0.25, 0.3) is 0 Å². The number of hydrogen-bond acceptors (Lipinski definition) is 5. The van der Waals surface area contributed by atoms with Gasteiger partial charge >= 0.3 is 12.2 Å².